The number of hydrogen-bond donors (Lipinski definition) is 0. The minimum absolute atomic E-state index is 0.110. The van der Waals surface area contributed by atoms with E-state index in [1.807, 2.05) is 19.1 Å². The molecule has 2 unspecified atom stereocenters. The molecule has 4 nitrogen and oxygen atoms in total. The maximum absolute atomic E-state index is 11.9. The third-order valence-electron chi connectivity index (χ3n) is 3.38. The molecule has 4 heteroatoms. The van der Waals surface area contributed by atoms with Crippen LogP contribution in [-0.4, -0.2) is 31.4 Å². The third-order valence-corrected chi connectivity index (χ3v) is 3.38. The highest BCUT2D eigenvalue weighted by Gasteiger charge is 2.20. The van der Waals surface area contributed by atoms with Crippen molar-refractivity contribution in [2.45, 2.75) is 45.3 Å². The van der Waals surface area contributed by atoms with Gasteiger partial charge in [-0.2, -0.15) is 0 Å². The molecule has 1 fully saturated rings. The van der Waals surface area contributed by atoms with Crippen molar-refractivity contribution in [3.63, 3.8) is 0 Å². The molecule has 1 heterocycles. The van der Waals surface area contributed by atoms with E-state index in [0.717, 1.165) is 31.4 Å². The Hall–Kier alpha value is -1.39. The summed E-state index contributed by atoms with van der Waals surface area (Å²) >= 11 is 0. The lowest BCUT2D eigenvalue weighted by Crippen LogP contribution is -2.31. The summed E-state index contributed by atoms with van der Waals surface area (Å²) in [6, 6.07) is 7.38. The van der Waals surface area contributed by atoms with Gasteiger partial charge in [0.15, 0.2) is 6.10 Å². The average molecular weight is 278 g/mol. The van der Waals surface area contributed by atoms with Gasteiger partial charge in [-0.1, -0.05) is 17.7 Å². The van der Waals surface area contributed by atoms with Crippen LogP contribution in [0.3, 0.4) is 0 Å². The molecule has 1 saturated heterocycles. The van der Waals surface area contributed by atoms with E-state index in [1.165, 1.54) is 0 Å². The second-order valence-electron chi connectivity index (χ2n) is 5.20. The summed E-state index contributed by atoms with van der Waals surface area (Å²) in [5.41, 5.74) is 1.13. The number of hydrogen-bond acceptors (Lipinski definition) is 4. The number of aryl methyl sites for hydroxylation is 1. The molecule has 110 valence electrons. The lowest BCUT2D eigenvalue weighted by atomic mass is 10.1. The lowest BCUT2D eigenvalue weighted by Gasteiger charge is -2.23. The van der Waals surface area contributed by atoms with E-state index in [2.05, 4.69) is 0 Å². The Bertz CT molecular complexity index is 421. The first-order valence-electron chi connectivity index (χ1n) is 7.17. The molecule has 0 amide bonds. The Kier molecular flexibility index (Phi) is 5.56. The first-order valence-corrected chi connectivity index (χ1v) is 7.17. The van der Waals surface area contributed by atoms with E-state index in [-0.39, 0.29) is 12.1 Å². The molecule has 0 radical (unpaired) electrons. The topological polar surface area (TPSA) is 44.8 Å². The van der Waals surface area contributed by atoms with E-state index >= 15 is 0 Å². The van der Waals surface area contributed by atoms with Crippen molar-refractivity contribution in [3.05, 3.63) is 29.8 Å². The molecule has 0 saturated carbocycles. The van der Waals surface area contributed by atoms with Crippen LogP contribution in [0.15, 0.2) is 24.3 Å². The first-order chi connectivity index (χ1) is 9.65. The minimum Gasteiger partial charge on any atom is -0.425 e. The van der Waals surface area contributed by atoms with Crippen LogP contribution in [0.25, 0.3) is 0 Å². The highest BCUT2D eigenvalue weighted by Crippen LogP contribution is 2.15. The summed E-state index contributed by atoms with van der Waals surface area (Å²) < 4.78 is 16.4. The molecule has 1 aromatic rings. The van der Waals surface area contributed by atoms with Gasteiger partial charge in [0.05, 0.1) is 12.7 Å². The van der Waals surface area contributed by atoms with Gasteiger partial charge in [-0.05, 0) is 45.2 Å². The normalized spacial score (nSPS) is 20.4. The highest BCUT2D eigenvalue weighted by atomic mass is 16.6. The molecule has 0 aliphatic carbocycles. The number of benzene rings is 1. The zero-order valence-electron chi connectivity index (χ0n) is 12.1. The Morgan fingerprint density at radius 3 is 2.75 bits per heavy atom. The second-order valence-corrected chi connectivity index (χ2v) is 5.20. The summed E-state index contributed by atoms with van der Waals surface area (Å²) in [5, 5.41) is 0. The zero-order chi connectivity index (χ0) is 14.4. The van der Waals surface area contributed by atoms with Gasteiger partial charge in [-0.15, -0.1) is 0 Å². The van der Waals surface area contributed by atoms with Gasteiger partial charge in [0, 0.05) is 6.61 Å². The van der Waals surface area contributed by atoms with Gasteiger partial charge in [0.2, 0.25) is 0 Å². The van der Waals surface area contributed by atoms with Crippen LogP contribution in [0.2, 0.25) is 0 Å². The Balaban J connectivity index is 1.75. The Labute approximate surface area is 120 Å². The number of carbonyl (C=O) groups excluding carboxylic acids is 1. The third kappa shape index (κ3) is 4.62. The summed E-state index contributed by atoms with van der Waals surface area (Å²) in [6.45, 7) is 4.93. The van der Waals surface area contributed by atoms with Gasteiger partial charge in [0.25, 0.3) is 0 Å². The number of esters is 1. The predicted molar refractivity (Wildman–Crippen MR) is 75.8 cm³/mol. The molecule has 0 spiro atoms. The fourth-order valence-electron chi connectivity index (χ4n) is 2.06. The van der Waals surface area contributed by atoms with E-state index in [4.69, 9.17) is 14.2 Å². The van der Waals surface area contributed by atoms with E-state index in [0.29, 0.717) is 12.4 Å². The standard InChI is InChI=1S/C16H22O4/c1-12-6-8-14(9-7-12)20-16(17)13(2)19-11-15-5-3-4-10-18-15/h6-9,13,15H,3-5,10-11H2,1-2H3. The van der Waals surface area contributed by atoms with Crippen molar-refractivity contribution < 1.29 is 19.0 Å². The molecule has 0 aromatic heterocycles. The van der Waals surface area contributed by atoms with Gasteiger partial charge in [-0.3, -0.25) is 0 Å². The maximum atomic E-state index is 11.9. The van der Waals surface area contributed by atoms with Crippen LogP contribution in [0, 0.1) is 6.92 Å². The summed E-state index contributed by atoms with van der Waals surface area (Å²) in [7, 11) is 0. The Morgan fingerprint density at radius 1 is 1.35 bits per heavy atom. The predicted octanol–water partition coefficient (Wildman–Crippen LogP) is 2.87. The molecule has 0 N–H and O–H groups in total. The van der Waals surface area contributed by atoms with Crippen LogP contribution in [0.1, 0.15) is 31.7 Å². The van der Waals surface area contributed by atoms with Crippen molar-refractivity contribution in [1.82, 2.24) is 0 Å². The molecule has 2 atom stereocenters. The molecule has 1 aliphatic heterocycles. The van der Waals surface area contributed by atoms with Gasteiger partial charge < -0.3 is 14.2 Å². The number of ether oxygens (including phenoxy) is 3. The molecule has 2 rings (SSSR count). The summed E-state index contributed by atoms with van der Waals surface area (Å²) in [5.74, 6) is 0.176. The number of rotatable bonds is 5. The molecule has 20 heavy (non-hydrogen) atoms. The van der Waals surface area contributed by atoms with E-state index < -0.39 is 6.10 Å². The summed E-state index contributed by atoms with van der Waals surface area (Å²) in [6.07, 6.45) is 2.80. The van der Waals surface area contributed by atoms with Crippen LogP contribution < -0.4 is 4.74 Å². The lowest BCUT2D eigenvalue weighted by molar-refractivity contribution is -0.149. The smallest absolute Gasteiger partial charge is 0.340 e. The SMILES string of the molecule is Cc1ccc(OC(=O)C(C)OCC2CCCCO2)cc1. The van der Waals surface area contributed by atoms with Crippen molar-refractivity contribution in [2.24, 2.45) is 0 Å². The average Bonchev–Trinajstić information content (AvgIpc) is 2.48. The van der Waals surface area contributed by atoms with E-state index in [9.17, 15) is 4.79 Å². The van der Waals surface area contributed by atoms with Crippen molar-refractivity contribution >= 4 is 5.97 Å². The number of carbonyl (C=O) groups is 1. The summed E-state index contributed by atoms with van der Waals surface area (Å²) in [4.78, 5) is 11.9. The molecular weight excluding hydrogens is 256 g/mol. The van der Waals surface area contributed by atoms with E-state index in [1.54, 1.807) is 19.1 Å². The molecule has 1 aliphatic rings. The van der Waals surface area contributed by atoms with Crippen molar-refractivity contribution in [2.75, 3.05) is 13.2 Å². The maximum Gasteiger partial charge on any atom is 0.340 e. The fraction of sp³-hybridized carbons (Fsp3) is 0.562. The largest absolute Gasteiger partial charge is 0.425 e. The van der Waals surface area contributed by atoms with Crippen LogP contribution >= 0.6 is 0 Å². The van der Waals surface area contributed by atoms with Gasteiger partial charge in [-0.25, -0.2) is 4.79 Å². The van der Waals surface area contributed by atoms with Crippen LogP contribution in [0.4, 0.5) is 0 Å². The molecular formula is C16H22O4. The van der Waals surface area contributed by atoms with Crippen LogP contribution in [0.5, 0.6) is 5.75 Å². The van der Waals surface area contributed by atoms with Crippen LogP contribution in [-0.2, 0) is 14.3 Å². The monoisotopic (exact) mass is 278 g/mol. The van der Waals surface area contributed by atoms with Gasteiger partial charge in [0.1, 0.15) is 5.75 Å². The molecule has 0 bridgehead atoms. The minimum atomic E-state index is -0.582. The van der Waals surface area contributed by atoms with Gasteiger partial charge >= 0.3 is 5.97 Å². The fourth-order valence-corrected chi connectivity index (χ4v) is 2.06. The second kappa shape index (κ2) is 7.41. The Morgan fingerprint density at radius 2 is 2.10 bits per heavy atom. The quantitative estimate of drug-likeness (QED) is 0.613. The van der Waals surface area contributed by atoms with Crippen molar-refractivity contribution in [1.29, 1.82) is 0 Å². The highest BCUT2D eigenvalue weighted by molar-refractivity contribution is 5.76. The molecule has 1 aromatic carbocycles. The zero-order valence-corrected chi connectivity index (χ0v) is 12.1. The first kappa shape index (κ1) is 15.0. The van der Waals surface area contributed by atoms with Crippen molar-refractivity contribution in [3.8, 4) is 5.75 Å².